The first-order valence-corrected chi connectivity index (χ1v) is 21.3. The van der Waals surface area contributed by atoms with Gasteiger partial charge in [-0.1, -0.05) is 42.5 Å². The van der Waals surface area contributed by atoms with Crippen molar-refractivity contribution in [2.45, 2.75) is 63.5 Å². The number of nitrogens with one attached hydrogen (secondary N) is 1. The molecule has 2 fully saturated rings. The number of anilines is 2. The van der Waals surface area contributed by atoms with Crippen molar-refractivity contribution >= 4 is 22.4 Å². The number of benzene rings is 4. The van der Waals surface area contributed by atoms with Crippen molar-refractivity contribution in [3.8, 4) is 34.3 Å². The highest BCUT2D eigenvalue weighted by atomic mass is 16.5. The first-order valence-electron chi connectivity index (χ1n) is 21.3. The number of methoxy groups -OCH3 is 2. The molecule has 0 aliphatic heterocycles. The molecule has 2 saturated carbocycles. The van der Waals surface area contributed by atoms with Crippen molar-refractivity contribution in [3.63, 3.8) is 0 Å². The van der Waals surface area contributed by atoms with Gasteiger partial charge in [-0.3, -0.25) is 0 Å². The van der Waals surface area contributed by atoms with Crippen molar-refractivity contribution in [2.75, 3.05) is 52.6 Å². The van der Waals surface area contributed by atoms with Crippen molar-refractivity contribution in [3.05, 3.63) is 108 Å². The quantitative estimate of drug-likeness (QED) is 0.0809. The van der Waals surface area contributed by atoms with Crippen LogP contribution in [0.25, 0.3) is 22.2 Å². The summed E-state index contributed by atoms with van der Waals surface area (Å²) in [6.45, 7) is 5.16. The highest BCUT2D eigenvalue weighted by molar-refractivity contribution is 5.93. The molecule has 13 heteroatoms. The number of aryl methyl sites for hydroxylation is 1. The van der Waals surface area contributed by atoms with E-state index in [1.54, 1.807) is 18.9 Å². The highest BCUT2D eigenvalue weighted by Gasteiger charge is 2.57. The number of hydrogen-bond donors (Lipinski definition) is 3. The zero-order valence-electron chi connectivity index (χ0n) is 35.0. The van der Waals surface area contributed by atoms with Crippen LogP contribution in [0.3, 0.4) is 0 Å². The Morgan fingerprint density at radius 2 is 1.66 bits per heavy atom. The van der Waals surface area contributed by atoms with E-state index in [2.05, 4.69) is 62.9 Å². The SMILES string of the molecule is COc1cc2ncnc(Nc3cccc(-c4cn(CCOCCOCCOc5ccc([C@H]6CC7(C)C(CC[C@@H]7O)C7CCc8cc(O)ccc8C76)cc5)nn4)c3)c2cc1OC. The average molecular weight is 827 g/mol. The molecule has 3 aliphatic rings. The molecule has 3 aliphatic carbocycles. The van der Waals surface area contributed by atoms with Crippen molar-refractivity contribution in [1.29, 1.82) is 0 Å². The molecule has 2 heterocycles. The van der Waals surface area contributed by atoms with Gasteiger partial charge in [0.1, 0.15) is 35.9 Å². The van der Waals surface area contributed by atoms with Gasteiger partial charge in [-0.2, -0.15) is 0 Å². The Balaban J connectivity index is 0.715. The van der Waals surface area contributed by atoms with Crippen LogP contribution in [0.1, 0.15) is 61.1 Å². The van der Waals surface area contributed by atoms with Crippen molar-refractivity contribution in [1.82, 2.24) is 25.0 Å². The number of ether oxygens (including phenoxy) is 5. The van der Waals surface area contributed by atoms with Crippen LogP contribution in [0.2, 0.25) is 0 Å². The molecule has 6 aromatic rings. The lowest BCUT2D eigenvalue weighted by Gasteiger charge is -2.54. The Kier molecular flexibility index (Phi) is 11.8. The van der Waals surface area contributed by atoms with Gasteiger partial charge in [0.25, 0.3) is 0 Å². The van der Waals surface area contributed by atoms with E-state index in [1.165, 1.54) is 23.0 Å². The molecule has 6 atom stereocenters. The third-order valence-corrected chi connectivity index (χ3v) is 13.4. The van der Waals surface area contributed by atoms with E-state index in [1.807, 2.05) is 54.7 Å². The van der Waals surface area contributed by atoms with Gasteiger partial charge >= 0.3 is 0 Å². The van der Waals surface area contributed by atoms with E-state index in [4.69, 9.17) is 23.7 Å². The number of aliphatic hydroxyl groups is 1. The Bertz CT molecular complexity index is 2460. The molecule has 9 rings (SSSR count). The zero-order chi connectivity index (χ0) is 41.9. The van der Waals surface area contributed by atoms with Gasteiger partial charge in [0.05, 0.1) is 65.0 Å². The van der Waals surface area contributed by atoms with E-state index in [0.717, 1.165) is 65.7 Å². The standard InChI is InChI=1S/C48H54N6O7/c1-48-27-39(46-36-14-10-34(55)24-31(36)9-13-37(46)40(48)15-16-45(48)56)30-7-11-35(12-8-30)61-22-21-60-20-19-59-18-17-54-28-42(52-53-54)32-5-4-6-33(23-32)51-47-38-25-43(57-2)44(58-3)26-41(38)49-29-50-47/h4-8,10-12,14,23-26,28-29,37,39-40,45-46,55-56H,9,13,15-22,27H2,1-3H3,(H,49,50,51)/t37?,39-,40?,45+,46?,48?/m1/s1. The van der Waals surface area contributed by atoms with Crippen LogP contribution in [-0.2, 0) is 22.4 Å². The minimum Gasteiger partial charge on any atom is -0.508 e. The number of nitrogens with zero attached hydrogens (tertiary/aromatic N) is 5. The monoisotopic (exact) mass is 826 g/mol. The summed E-state index contributed by atoms with van der Waals surface area (Å²) in [5.74, 6) is 4.73. The predicted octanol–water partition coefficient (Wildman–Crippen LogP) is 8.08. The molecule has 13 nitrogen and oxygen atoms in total. The van der Waals surface area contributed by atoms with E-state index < -0.39 is 0 Å². The Morgan fingerprint density at radius 1 is 0.852 bits per heavy atom. The fourth-order valence-electron chi connectivity index (χ4n) is 10.4. The second-order valence-electron chi connectivity index (χ2n) is 16.8. The molecule has 0 radical (unpaired) electrons. The molecular weight excluding hydrogens is 773 g/mol. The summed E-state index contributed by atoms with van der Waals surface area (Å²) in [7, 11) is 3.20. The number of phenolic OH excluding ortho intramolecular Hbond substituents is 1. The summed E-state index contributed by atoms with van der Waals surface area (Å²) in [5, 5.41) is 34.3. The van der Waals surface area contributed by atoms with Crippen LogP contribution >= 0.6 is 0 Å². The molecule has 4 unspecified atom stereocenters. The van der Waals surface area contributed by atoms with Crippen LogP contribution in [0.4, 0.5) is 11.5 Å². The summed E-state index contributed by atoms with van der Waals surface area (Å²) >= 11 is 0. The van der Waals surface area contributed by atoms with Gasteiger partial charge in [-0.05, 0) is 120 Å². The first-order chi connectivity index (χ1) is 29.8. The van der Waals surface area contributed by atoms with Crippen LogP contribution < -0.4 is 19.5 Å². The maximum atomic E-state index is 11.2. The smallest absolute Gasteiger partial charge is 0.162 e. The zero-order valence-corrected chi connectivity index (χ0v) is 35.0. The van der Waals surface area contributed by atoms with Gasteiger partial charge in [-0.15, -0.1) is 5.10 Å². The highest BCUT2D eigenvalue weighted by Crippen LogP contribution is 2.65. The fraction of sp³-hybridized carbons (Fsp3) is 0.417. The van der Waals surface area contributed by atoms with Gasteiger partial charge in [-0.25, -0.2) is 14.6 Å². The summed E-state index contributed by atoms with van der Waals surface area (Å²) in [6.07, 6.45) is 8.20. The van der Waals surface area contributed by atoms with E-state index in [9.17, 15) is 10.2 Å². The van der Waals surface area contributed by atoms with Crippen molar-refractivity contribution in [2.24, 2.45) is 17.3 Å². The van der Waals surface area contributed by atoms with Crippen LogP contribution in [-0.4, -0.2) is 88.5 Å². The minimum atomic E-state index is -0.256. The summed E-state index contributed by atoms with van der Waals surface area (Å²) in [4.78, 5) is 8.87. The summed E-state index contributed by atoms with van der Waals surface area (Å²) < 4.78 is 30.4. The van der Waals surface area contributed by atoms with Crippen molar-refractivity contribution < 1.29 is 33.9 Å². The lowest BCUT2D eigenvalue weighted by molar-refractivity contribution is -0.0323. The Labute approximate surface area is 356 Å². The van der Waals surface area contributed by atoms with E-state index >= 15 is 0 Å². The van der Waals surface area contributed by atoms with Crippen LogP contribution in [0.15, 0.2) is 91.4 Å². The molecule has 318 valence electrons. The predicted molar refractivity (Wildman–Crippen MR) is 232 cm³/mol. The Hall–Kier alpha value is -5.76. The molecule has 0 saturated heterocycles. The minimum absolute atomic E-state index is 0.0773. The maximum Gasteiger partial charge on any atom is 0.162 e. The van der Waals surface area contributed by atoms with Crippen LogP contribution in [0.5, 0.6) is 23.0 Å². The topological polar surface area (TPSA) is 155 Å². The average Bonchev–Trinajstić information content (AvgIpc) is 3.88. The first kappa shape index (κ1) is 40.6. The molecule has 0 spiro atoms. The molecule has 0 amide bonds. The number of phenols is 1. The van der Waals surface area contributed by atoms with E-state index in [0.29, 0.717) is 86.3 Å². The number of hydrogen-bond acceptors (Lipinski definition) is 12. The van der Waals surface area contributed by atoms with Gasteiger partial charge in [0.2, 0.25) is 0 Å². The molecule has 3 N–H and O–H groups in total. The van der Waals surface area contributed by atoms with Gasteiger partial charge in [0, 0.05) is 22.7 Å². The van der Waals surface area contributed by atoms with Gasteiger partial charge < -0.3 is 39.2 Å². The molecule has 61 heavy (non-hydrogen) atoms. The molecular formula is C48H54N6O7. The largest absolute Gasteiger partial charge is 0.508 e. The number of rotatable bonds is 16. The summed E-state index contributed by atoms with van der Waals surface area (Å²) in [5.41, 5.74) is 7.09. The second-order valence-corrected chi connectivity index (χ2v) is 16.8. The molecule has 0 bridgehead atoms. The lowest BCUT2D eigenvalue weighted by atomic mass is 9.51. The van der Waals surface area contributed by atoms with Gasteiger partial charge in [0.15, 0.2) is 11.5 Å². The third kappa shape index (κ3) is 8.34. The normalized spacial score (nSPS) is 22.9. The second kappa shape index (κ2) is 17.7. The fourth-order valence-corrected chi connectivity index (χ4v) is 10.4. The van der Waals surface area contributed by atoms with Crippen LogP contribution in [0, 0.1) is 17.3 Å². The third-order valence-electron chi connectivity index (χ3n) is 13.4. The number of aromatic nitrogens is 5. The number of aliphatic hydroxyl groups excluding tert-OH is 1. The van der Waals surface area contributed by atoms with E-state index in [-0.39, 0.29) is 11.5 Å². The molecule has 2 aromatic heterocycles. The number of fused-ring (bicyclic) bond motifs is 6. The Morgan fingerprint density at radius 3 is 2.49 bits per heavy atom. The maximum absolute atomic E-state index is 11.2. The lowest BCUT2D eigenvalue weighted by Crippen LogP contribution is -2.47. The summed E-state index contributed by atoms with van der Waals surface area (Å²) in [6, 6.07) is 26.1. The molecule has 4 aromatic carbocycles. The number of aromatic hydroxyl groups is 1.